The zero-order valence-corrected chi connectivity index (χ0v) is 14.1. The minimum absolute atomic E-state index is 0. The molecule has 120 valence electrons. The van der Waals surface area contributed by atoms with E-state index in [4.69, 9.17) is 0 Å². The van der Waals surface area contributed by atoms with Gasteiger partial charge in [-0.05, 0) is 23.8 Å². The highest BCUT2D eigenvalue weighted by molar-refractivity contribution is 7.09. The van der Waals surface area contributed by atoms with Crippen LogP contribution in [0.2, 0.25) is 0 Å². The van der Waals surface area contributed by atoms with E-state index in [1.54, 1.807) is 11.3 Å². The number of halogens is 1. The van der Waals surface area contributed by atoms with E-state index in [-0.39, 0.29) is 18.3 Å². The number of amides is 1. The van der Waals surface area contributed by atoms with Crippen molar-refractivity contribution >= 4 is 29.7 Å². The molecule has 1 atom stereocenters. The van der Waals surface area contributed by atoms with Gasteiger partial charge in [-0.25, -0.2) is 0 Å². The Balaban J connectivity index is 0.00000176. The number of aromatic nitrogens is 2. The second-order valence-electron chi connectivity index (χ2n) is 5.55. The second-order valence-corrected chi connectivity index (χ2v) is 6.59. The lowest BCUT2D eigenvalue weighted by Gasteiger charge is -2.14. The third kappa shape index (κ3) is 3.88. The molecule has 3 heterocycles. The molecule has 22 heavy (non-hydrogen) atoms. The van der Waals surface area contributed by atoms with E-state index in [9.17, 15) is 4.79 Å². The summed E-state index contributed by atoms with van der Waals surface area (Å²) in [4.78, 5) is 13.6. The molecule has 3 rings (SSSR count). The summed E-state index contributed by atoms with van der Waals surface area (Å²) in [6.07, 6.45) is 1.91. The smallest absolute Gasteiger partial charge is 0.272 e. The van der Waals surface area contributed by atoms with Crippen molar-refractivity contribution in [1.29, 1.82) is 0 Å². The van der Waals surface area contributed by atoms with E-state index in [1.807, 2.05) is 0 Å². The van der Waals surface area contributed by atoms with E-state index < -0.39 is 0 Å². The SMILES string of the molecule is CC(CNC(=O)c1n[nH]c2c1CNCC2)Cc1cccs1.Cl. The monoisotopic (exact) mass is 340 g/mol. The van der Waals surface area contributed by atoms with Gasteiger partial charge in [-0.3, -0.25) is 9.89 Å². The molecule has 0 aliphatic carbocycles. The van der Waals surface area contributed by atoms with Crippen LogP contribution in [0.5, 0.6) is 0 Å². The number of hydrogen-bond acceptors (Lipinski definition) is 4. The maximum atomic E-state index is 12.3. The van der Waals surface area contributed by atoms with Gasteiger partial charge in [-0.15, -0.1) is 23.7 Å². The van der Waals surface area contributed by atoms with Crippen LogP contribution < -0.4 is 10.6 Å². The highest BCUT2D eigenvalue weighted by Crippen LogP contribution is 2.16. The fraction of sp³-hybridized carbons (Fsp3) is 0.467. The molecule has 1 amide bonds. The lowest BCUT2D eigenvalue weighted by atomic mass is 10.1. The highest BCUT2D eigenvalue weighted by atomic mass is 35.5. The third-order valence-corrected chi connectivity index (χ3v) is 4.66. The average Bonchev–Trinajstić information content (AvgIpc) is 3.13. The zero-order valence-electron chi connectivity index (χ0n) is 12.5. The summed E-state index contributed by atoms with van der Waals surface area (Å²) in [5, 5.41) is 15.5. The van der Waals surface area contributed by atoms with Gasteiger partial charge in [0, 0.05) is 42.2 Å². The normalized spacial score (nSPS) is 14.8. The molecule has 3 N–H and O–H groups in total. The van der Waals surface area contributed by atoms with Gasteiger partial charge in [-0.2, -0.15) is 5.10 Å². The average molecular weight is 341 g/mol. The maximum Gasteiger partial charge on any atom is 0.272 e. The number of carbonyl (C=O) groups excluding carboxylic acids is 1. The van der Waals surface area contributed by atoms with E-state index in [1.165, 1.54) is 4.88 Å². The van der Waals surface area contributed by atoms with Crippen molar-refractivity contribution in [2.24, 2.45) is 5.92 Å². The van der Waals surface area contributed by atoms with Gasteiger partial charge in [0.15, 0.2) is 5.69 Å². The van der Waals surface area contributed by atoms with Crippen LogP contribution in [0.3, 0.4) is 0 Å². The number of carbonyl (C=O) groups is 1. The second kappa shape index (κ2) is 7.76. The Kier molecular flexibility index (Phi) is 5.99. The van der Waals surface area contributed by atoms with Crippen molar-refractivity contribution in [2.75, 3.05) is 13.1 Å². The van der Waals surface area contributed by atoms with Gasteiger partial charge < -0.3 is 10.6 Å². The molecular weight excluding hydrogens is 320 g/mol. The topological polar surface area (TPSA) is 69.8 Å². The van der Waals surface area contributed by atoms with Gasteiger partial charge in [0.2, 0.25) is 0 Å². The Bertz CT molecular complexity index is 611. The van der Waals surface area contributed by atoms with Crippen molar-refractivity contribution in [3.8, 4) is 0 Å². The van der Waals surface area contributed by atoms with Crippen molar-refractivity contribution in [3.63, 3.8) is 0 Å². The predicted molar refractivity (Wildman–Crippen MR) is 90.8 cm³/mol. The van der Waals surface area contributed by atoms with E-state index >= 15 is 0 Å². The van der Waals surface area contributed by atoms with Crippen LogP contribution >= 0.6 is 23.7 Å². The Morgan fingerprint density at radius 3 is 3.18 bits per heavy atom. The molecule has 0 aromatic carbocycles. The highest BCUT2D eigenvalue weighted by Gasteiger charge is 2.21. The minimum atomic E-state index is -0.0748. The van der Waals surface area contributed by atoms with Gasteiger partial charge in [0.1, 0.15) is 0 Å². The van der Waals surface area contributed by atoms with Crippen LogP contribution in [-0.4, -0.2) is 29.2 Å². The van der Waals surface area contributed by atoms with Gasteiger partial charge >= 0.3 is 0 Å². The number of hydrogen-bond donors (Lipinski definition) is 3. The Hall–Kier alpha value is -1.37. The lowest BCUT2D eigenvalue weighted by Crippen LogP contribution is -2.31. The molecule has 2 aromatic rings. The molecule has 0 radical (unpaired) electrons. The summed E-state index contributed by atoms with van der Waals surface area (Å²) in [7, 11) is 0. The third-order valence-electron chi connectivity index (χ3n) is 3.76. The Morgan fingerprint density at radius 2 is 2.41 bits per heavy atom. The van der Waals surface area contributed by atoms with E-state index in [0.717, 1.165) is 37.2 Å². The number of fused-ring (bicyclic) bond motifs is 1. The molecule has 5 nitrogen and oxygen atoms in total. The molecule has 2 aromatic heterocycles. The first-order chi connectivity index (χ1) is 10.2. The molecule has 0 saturated carbocycles. The van der Waals surface area contributed by atoms with Crippen LogP contribution in [0.4, 0.5) is 0 Å². The summed E-state index contributed by atoms with van der Waals surface area (Å²) < 4.78 is 0. The number of aromatic amines is 1. The quantitative estimate of drug-likeness (QED) is 0.781. The van der Waals surface area contributed by atoms with Gasteiger partial charge in [0.05, 0.1) is 0 Å². The first-order valence-corrected chi connectivity index (χ1v) is 8.19. The standard InChI is InChI=1S/C15H20N4OS.ClH/c1-10(7-11-3-2-6-21-11)8-17-15(20)14-12-9-16-5-4-13(12)18-19-14;/h2-3,6,10,16H,4-5,7-9H2,1H3,(H,17,20)(H,18,19);1H. The molecule has 7 heteroatoms. The van der Waals surface area contributed by atoms with Crippen molar-refractivity contribution in [3.05, 3.63) is 39.3 Å². The predicted octanol–water partition coefficient (Wildman–Crippen LogP) is 2.15. The fourth-order valence-corrected chi connectivity index (χ4v) is 3.48. The molecule has 0 bridgehead atoms. The van der Waals surface area contributed by atoms with Crippen molar-refractivity contribution in [1.82, 2.24) is 20.8 Å². The zero-order chi connectivity index (χ0) is 14.7. The molecule has 0 saturated heterocycles. The number of H-pyrrole nitrogens is 1. The first-order valence-electron chi connectivity index (χ1n) is 7.31. The van der Waals surface area contributed by atoms with E-state index in [2.05, 4.69) is 45.3 Å². The van der Waals surface area contributed by atoms with Crippen LogP contribution in [-0.2, 0) is 19.4 Å². The summed E-state index contributed by atoms with van der Waals surface area (Å²) in [5.74, 6) is 0.342. The van der Waals surface area contributed by atoms with Crippen molar-refractivity contribution in [2.45, 2.75) is 26.3 Å². The van der Waals surface area contributed by atoms with Gasteiger partial charge in [-0.1, -0.05) is 13.0 Å². The van der Waals surface area contributed by atoms with Gasteiger partial charge in [0.25, 0.3) is 5.91 Å². The van der Waals surface area contributed by atoms with Crippen LogP contribution in [0, 0.1) is 5.92 Å². The van der Waals surface area contributed by atoms with Crippen LogP contribution in [0.15, 0.2) is 17.5 Å². The summed E-state index contributed by atoms with van der Waals surface area (Å²) in [5.41, 5.74) is 2.65. The molecule has 1 unspecified atom stereocenters. The summed E-state index contributed by atoms with van der Waals surface area (Å²) in [6.45, 7) is 4.49. The molecule has 0 spiro atoms. The number of nitrogens with zero attached hydrogens (tertiary/aromatic N) is 1. The van der Waals surface area contributed by atoms with Crippen LogP contribution in [0.25, 0.3) is 0 Å². The molecule has 1 aliphatic rings. The minimum Gasteiger partial charge on any atom is -0.350 e. The molecular formula is C15H21ClN4OS. The number of rotatable bonds is 5. The molecule has 0 fully saturated rings. The molecule has 1 aliphatic heterocycles. The van der Waals surface area contributed by atoms with Crippen molar-refractivity contribution < 1.29 is 4.79 Å². The maximum absolute atomic E-state index is 12.3. The largest absolute Gasteiger partial charge is 0.350 e. The Morgan fingerprint density at radius 1 is 1.55 bits per heavy atom. The first kappa shape index (κ1) is 17.0. The summed E-state index contributed by atoms with van der Waals surface area (Å²) >= 11 is 1.76. The lowest BCUT2D eigenvalue weighted by molar-refractivity contribution is 0.0942. The fourth-order valence-electron chi connectivity index (χ4n) is 2.61. The number of thiophene rings is 1. The van der Waals surface area contributed by atoms with Crippen LogP contribution in [0.1, 0.15) is 33.5 Å². The number of nitrogens with one attached hydrogen (secondary N) is 3. The van der Waals surface area contributed by atoms with E-state index in [0.29, 0.717) is 18.2 Å². The Labute approximate surface area is 140 Å². The summed E-state index contributed by atoms with van der Waals surface area (Å²) in [6, 6.07) is 4.20.